The third-order valence-corrected chi connectivity index (χ3v) is 6.11. The largest absolute Gasteiger partial charge is 0.494 e. The standard InChI is InChI=1S/C17H26N2O5S/c1-3-24-16-7-6-15(11-13(16)2)25(22,23)19-9-4-5-14(12-19)17(21)18-8-10-20/h6-7,11,14,20H,3-5,8-10,12H2,1-2H3,(H,18,21). The number of carbonyl (C=O) groups is 1. The molecule has 1 aromatic rings. The Labute approximate surface area is 149 Å². The molecule has 7 nitrogen and oxygen atoms in total. The molecule has 1 amide bonds. The second-order valence-electron chi connectivity index (χ2n) is 6.08. The number of ether oxygens (including phenoxy) is 1. The topological polar surface area (TPSA) is 95.9 Å². The predicted octanol–water partition coefficient (Wildman–Crippen LogP) is 0.903. The van der Waals surface area contributed by atoms with E-state index in [0.29, 0.717) is 31.7 Å². The predicted molar refractivity (Wildman–Crippen MR) is 93.9 cm³/mol. The summed E-state index contributed by atoms with van der Waals surface area (Å²) in [5.41, 5.74) is 0.761. The molecule has 1 unspecified atom stereocenters. The van der Waals surface area contributed by atoms with Crippen molar-refractivity contribution in [3.8, 4) is 5.75 Å². The smallest absolute Gasteiger partial charge is 0.243 e. The van der Waals surface area contributed by atoms with Crippen LogP contribution in [0.5, 0.6) is 5.75 Å². The maximum atomic E-state index is 12.9. The Bertz CT molecular complexity index is 705. The van der Waals surface area contributed by atoms with Gasteiger partial charge >= 0.3 is 0 Å². The molecule has 0 aromatic heterocycles. The molecular weight excluding hydrogens is 344 g/mol. The number of piperidine rings is 1. The van der Waals surface area contributed by atoms with Gasteiger partial charge in [-0.1, -0.05) is 0 Å². The molecule has 2 rings (SSSR count). The molecule has 2 N–H and O–H groups in total. The molecule has 0 aliphatic carbocycles. The van der Waals surface area contributed by atoms with Crippen LogP contribution in [0.3, 0.4) is 0 Å². The Balaban J connectivity index is 2.15. The summed E-state index contributed by atoms with van der Waals surface area (Å²) in [6.07, 6.45) is 1.28. The van der Waals surface area contributed by atoms with Crippen LogP contribution in [-0.2, 0) is 14.8 Å². The highest BCUT2D eigenvalue weighted by molar-refractivity contribution is 7.89. The minimum absolute atomic E-state index is 0.133. The molecule has 1 heterocycles. The van der Waals surface area contributed by atoms with Gasteiger partial charge in [0.25, 0.3) is 0 Å². The van der Waals surface area contributed by atoms with Crippen LogP contribution in [0.1, 0.15) is 25.3 Å². The van der Waals surface area contributed by atoms with Crippen molar-refractivity contribution in [1.29, 1.82) is 0 Å². The first-order valence-corrected chi connectivity index (χ1v) is 9.96. The van der Waals surface area contributed by atoms with Crippen LogP contribution in [0.2, 0.25) is 0 Å². The van der Waals surface area contributed by atoms with Gasteiger partial charge in [-0.2, -0.15) is 4.31 Å². The zero-order valence-corrected chi connectivity index (χ0v) is 15.5. The van der Waals surface area contributed by atoms with Gasteiger partial charge < -0.3 is 15.2 Å². The van der Waals surface area contributed by atoms with Crippen LogP contribution in [-0.4, -0.2) is 56.6 Å². The van der Waals surface area contributed by atoms with E-state index in [0.717, 1.165) is 5.56 Å². The monoisotopic (exact) mass is 370 g/mol. The van der Waals surface area contributed by atoms with E-state index in [1.807, 2.05) is 13.8 Å². The molecule has 1 atom stereocenters. The van der Waals surface area contributed by atoms with Gasteiger partial charge in [0.1, 0.15) is 5.75 Å². The van der Waals surface area contributed by atoms with Gasteiger partial charge in [0.2, 0.25) is 15.9 Å². The maximum Gasteiger partial charge on any atom is 0.243 e. The summed E-state index contributed by atoms with van der Waals surface area (Å²) in [7, 11) is -3.65. The lowest BCUT2D eigenvalue weighted by molar-refractivity contribution is -0.126. The average Bonchev–Trinajstić information content (AvgIpc) is 2.61. The quantitative estimate of drug-likeness (QED) is 0.744. The molecular formula is C17H26N2O5S. The zero-order valence-electron chi connectivity index (χ0n) is 14.7. The van der Waals surface area contributed by atoms with Crippen molar-refractivity contribution in [2.45, 2.75) is 31.6 Å². The number of benzene rings is 1. The molecule has 0 spiro atoms. The van der Waals surface area contributed by atoms with Gasteiger partial charge in [-0.05, 0) is 50.5 Å². The molecule has 8 heteroatoms. The lowest BCUT2D eigenvalue weighted by Gasteiger charge is -2.31. The molecule has 1 aliphatic heterocycles. The Morgan fingerprint density at radius 1 is 1.44 bits per heavy atom. The highest BCUT2D eigenvalue weighted by atomic mass is 32.2. The van der Waals surface area contributed by atoms with Crippen molar-refractivity contribution >= 4 is 15.9 Å². The molecule has 0 bridgehead atoms. The fraction of sp³-hybridized carbons (Fsp3) is 0.588. The maximum absolute atomic E-state index is 12.9. The van der Waals surface area contributed by atoms with E-state index in [-0.39, 0.29) is 36.4 Å². The SMILES string of the molecule is CCOc1ccc(S(=O)(=O)N2CCCC(C(=O)NCCO)C2)cc1C. The van der Waals surface area contributed by atoms with Gasteiger partial charge in [-0.25, -0.2) is 8.42 Å². The first kappa shape index (κ1) is 19.7. The number of rotatable bonds is 7. The highest BCUT2D eigenvalue weighted by Gasteiger charge is 2.33. The van der Waals surface area contributed by atoms with Gasteiger partial charge in [0.05, 0.1) is 24.0 Å². The number of hydrogen-bond acceptors (Lipinski definition) is 5. The van der Waals surface area contributed by atoms with Gasteiger partial charge in [0, 0.05) is 19.6 Å². The molecule has 140 valence electrons. The molecule has 0 radical (unpaired) electrons. The van der Waals surface area contributed by atoms with Crippen molar-refractivity contribution in [2.24, 2.45) is 5.92 Å². The summed E-state index contributed by atoms with van der Waals surface area (Å²) in [4.78, 5) is 12.3. The Kier molecular flexibility index (Phi) is 6.80. The molecule has 1 fully saturated rings. The summed E-state index contributed by atoms with van der Waals surface area (Å²) in [5.74, 6) is 0.0667. The fourth-order valence-electron chi connectivity index (χ4n) is 2.95. The highest BCUT2D eigenvalue weighted by Crippen LogP contribution is 2.27. The van der Waals surface area contributed by atoms with Crippen LogP contribution in [0.25, 0.3) is 0 Å². The Morgan fingerprint density at radius 3 is 2.84 bits per heavy atom. The summed E-state index contributed by atoms with van der Waals surface area (Å²) < 4.78 is 32.6. The van der Waals surface area contributed by atoms with Crippen LogP contribution in [0.15, 0.2) is 23.1 Å². The van der Waals surface area contributed by atoms with Crippen LogP contribution < -0.4 is 10.1 Å². The van der Waals surface area contributed by atoms with Crippen LogP contribution in [0, 0.1) is 12.8 Å². The number of carbonyl (C=O) groups excluding carboxylic acids is 1. The van der Waals surface area contributed by atoms with Crippen molar-refractivity contribution in [2.75, 3.05) is 32.8 Å². The van der Waals surface area contributed by atoms with Crippen LogP contribution >= 0.6 is 0 Å². The van der Waals surface area contributed by atoms with Crippen molar-refractivity contribution in [3.05, 3.63) is 23.8 Å². The first-order valence-electron chi connectivity index (χ1n) is 8.52. The minimum Gasteiger partial charge on any atom is -0.494 e. The van der Waals surface area contributed by atoms with E-state index in [2.05, 4.69) is 5.32 Å². The number of amides is 1. The number of aliphatic hydroxyl groups is 1. The zero-order chi connectivity index (χ0) is 18.4. The number of nitrogens with zero attached hydrogens (tertiary/aromatic N) is 1. The van der Waals surface area contributed by atoms with Crippen molar-refractivity contribution < 1.29 is 23.1 Å². The molecule has 25 heavy (non-hydrogen) atoms. The van der Waals surface area contributed by atoms with E-state index in [4.69, 9.17) is 9.84 Å². The second-order valence-corrected chi connectivity index (χ2v) is 8.02. The number of nitrogens with one attached hydrogen (secondary N) is 1. The van der Waals surface area contributed by atoms with Crippen molar-refractivity contribution in [1.82, 2.24) is 9.62 Å². The number of sulfonamides is 1. The van der Waals surface area contributed by atoms with E-state index >= 15 is 0 Å². The lowest BCUT2D eigenvalue weighted by atomic mass is 9.99. The molecule has 1 saturated heterocycles. The number of aliphatic hydroxyl groups excluding tert-OH is 1. The van der Waals surface area contributed by atoms with Crippen molar-refractivity contribution in [3.63, 3.8) is 0 Å². The molecule has 0 saturated carbocycles. The summed E-state index contributed by atoms with van der Waals surface area (Å²) in [5, 5.41) is 11.4. The summed E-state index contributed by atoms with van der Waals surface area (Å²) >= 11 is 0. The van der Waals surface area contributed by atoms with E-state index < -0.39 is 10.0 Å². The van der Waals surface area contributed by atoms with Gasteiger partial charge in [-0.15, -0.1) is 0 Å². The van der Waals surface area contributed by atoms with E-state index in [9.17, 15) is 13.2 Å². The minimum atomic E-state index is -3.65. The number of hydrogen-bond donors (Lipinski definition) is 2. The Hall–Kier alpha value is -1.64. The first-order chi connectivity index (χ1) is 11.9. The van der Waals surface area contributed by atoms with E-state index in [1.165, 1.54) is 4.31 Å². The van der Waals surface area contributed by atoms with E-state index in [1.54, 1.807) is 18.2 Å². The summed E-state index contributed by atoms with van der Waals surface area (Å²) in [6.45, 7) is 4.81. The third kappa shape index (κ3) is 4.71. The van der Waals surface area contributed by atoms with Gasteiger partial charge in [0.15, 0.2) is 0 Å². The summed E-state index contributed by atoms with van der Waals surface area (Å²) in [6, 6.07) is 4.82. The Morgan fingerprint density at radius 2 is 2.20 bits per heavy atom. The average molecular weight is 370 g/mol. The molecule has 1 aromatic carbocycles. The fourth-order valence-corrected chi connectivity index (χ4v) is 4.56. The lowest BCUT2D eigenvalue weighted by Crippen LogP contribution is -2.45. The van der Waals surface area contributed by atoms with Crippen LogP contribution in [0.4, 0.5) is 0 Å². The normalized spacial score (nSPS) is 18.8. The third-order valence-electron chi connectivity index (χ3n) is 4.25. The second kappa shape index (κ2) is 8.64. The van der Waals surface area contributed by atoms with Gasteiger partial charge in [-0.3, -0.25) is 4.79 Å². The molecule has 1 aliphatic rings. The number of aryl methyl sites for hydroxylation is 1.